The van der Waals surface area contributed by atoms with Gasteiger partial charge in [-0.3, -0.25) is 4.99 Å². The summed E-state index contributed by atoms with van der Waals surface area (Å²) >= 11 is 0. The van der Waals surface area contributed by atoms with Crippen LogP contribution in [0, 0.1) is 5.82 Å². The van der Waals surface area contributed by atoms with Crippen LogP contribution in [0.25, 0.3) is 0 Å². The lowest BCUT2D eigenvalue weighted by Crippen LogP contribution is -2.44. The Morgan fingerprint density at radius 2 is 2.16 bits per heavy atom. The van der Waals surface area contributed by atoms with E-state index in [4.69, 9.17) is 9.47 Å². The van der Waals surface area contributed by atoms with Gasteiger partial charge in [-0.05, 0) is 42.7 Å². The van der Waals surface area contributed by atoms with Crippen molar-refractivity contribution in [2.24, 2.45) is 4.99 Å². The van der Waals surface area contributed by atoms with Gasteiger partial charge in [0.2, 0.25) is 0 Å². The van der Waals surface area contributed by atoms with E-state index in [0.717, 1.165) is 36.4 Å². The Morgan fingerprint density at radius 1 is 1.32 bits per heavy atom. The summed E-state index contributed by atoms with van der Waals surface area (Å²) in [6.45, 7) is 4.74. The van der Waals surface area contributed by atoms with Gasteiger partial charge < -0.3 is 25.0 Å². The van der Waals surface area contributed by atoms with E-state index in [-0.39, 0.29) is 35.8 Å². The van der Waals surface area contributed by atoms with Crippen LogP contribution in [0.1, 0.15) is 25.3 Å². The number of benzene rings is 1. The first-order chi connectivity index (χ1) is 14.6. The average molecular weight is 543 g/mol. The highest BCUT2D eigenvalue weighted by molar-refractivity contribution is 14.0. The van der Waals surface area contributed by atoms with E-state index < -0.39 is 0 Å². The molecule has 0 amide bonds. The maximum absolute atomic E-state index is 14.0. The molecule has 2 aromatic rings. The molecule has 0 bridgehead atoms. The van der Waals surface area contributed by atoms with Gasteiger partial charge in [0.05, 0.1) is 13.7 Å². The van der Waals surface area contributed by atoms with Crippen molar-refractivity contribution in [1.29, 1.82) is 0 Å². The Labute approximate surface area is 200 Å². The topological polar surface area (TPSA) is 71.0 Å². The van der Waals surface area contributed by atoms with E-state index in [2.05, 4.69) is 27.5 Å². The van der Waals surface area contributed by atoms with Crippen LogP contribution < -0.4 is 25.0 Å². The Bertz CT molecular complexity index is 868. The van der Waals surface area contributed by atoms with Gasteiger partial charge in [0.1, 0.15) is 0 Å². The Hall–Kier alpha value is -2.30. The number of hydrogen-bond acceptors (Lipinski definition) is 5. The molecule has 2 N–H and O–H groups in total. The largest absolute Gasteiger partial charge is 0.493 e. The van der Waals surface area contributed by atoms with Crippen LogP contribution in [0.3, 0.4) is 0 Å². The van der Waals surface area contributed by atoms with Gasteiger partial charge in [-0.15, -0.1) is 24.0 Å². The van der Waals surface area contributed by atoms with E-state index >= 15 is 0 Å². The Kier molecular flexibility index (Phi) is 10.1. The van der Waals surface area contributed by atoms with Crippen molar-refractivity contribution in [3.63, 3.8) is 0 Å². The van der Waals surface area contributed by atoms with Crippen molar-refractivity contribution in [2.45, 2.75) is 32.4 Å². The summed E-state index contributed by atoms with van der Waals surface area (Å²) in [5.41, 5.74) is 1.06. The molecule has 170 valence electrons. The lowest BCUT2D eigenvalue weighted by atomic mass is 10.2. The van der Waals surface area contributed by atoms with Gasteiger partial charge in [0.15, 0.2) is 29.1 Å². The number of ether oxygens (including phenoxy) is 2. The molecule has 0 spiro atoms. The van der Waals surface area contributed by atoms with E-state index in [9.17, 15) is 4.39 Å². The van der Waals surface area contributed by atoms with Crippen molar-refractivity contribution < 1.29 is 13.9 Å². The number of methoxy groups -OCH3 is 1. The number of nitrogens with one attached hydrogen (secondary N) is 2. The number of rotatable bonds is 8. The molecular formula is C22H31FIN5O2. The average Bonchev–Trinajstić information content (AvgIpc) is 3.23. The highest BCUT2D eigenvalue weighted by Crippen LogP contribution is 2.28. The molecule has 1 saturated heterocycles. The zero-order valence-corrected chi connectivity index (χ0v) is 20.6. The van der Waals surface area contributed by atoms with Crippen molar-refractivity contribution in [3.8, 4) is 11.5 Å². The molecule has 2 heterocycles. The molecule has 31 heavy (non-hydrogen) atoms. The summed E-state index contributed by atoms with van der Waals surface area (Å²) in [6.07, 6.45) is 3.44. The van der Waals surface area contributed by atoms with Gasteiger partial charge in [0.25, 0.3) is 0 Å². The zero-order chi connectivity index (χ0) is 21.3. The summed E-state index contributed by atoms with van der Waals surface area (Å²) in [7, 11) is 3.38. The van der Waals surface area contributed by atoms with Crippen LogP contribution >= 0.6 is 24.0 Å². The van der Waals surface area contributed by atoms with Gasteiger partial charge in [0, 0.05) is 38.9 Å². The number of anilines is 1. The summed E-state index contributed by atoms with van der Waals surface area (Å²) in [5, 5.41) is 6.74. The second-order valence-electron chi connectivity index (χ2n) is 7.14. The highest BCUT2D eigenvalue weighted by Gasteiger charge is 2.25. The summed E-state index contributed by atoms with van der Waals surface area (Å²) in [5.74, 6) is 2.28. The maximum Gasteiger partial charge on any atom is 0.191 e. The normalized spacial score (nSPS) is 15.9. The Balaban J connectivity index is 0.00000341. The van der Waals surface area contributed by atoms with Crippen LogP contribution in [0.2, 0.25) is 0 Å². The van der Waals surface area contributed by atoms with Crippen molar-refractivity contribution >= 4 is 35.8 Å². The number of aromatic nitrogens is 1. The molecule has 1 aliphatic heterocycles. The molecule has 1 aliphatic rings. The summed E-state index contributed by atoms with van der Waals surface area (Å²) in [6, 6.07) is 9.11. The molecule has 1 unspecified atom stereocenters. The van der Waals surface area contributed by atoms with E-state index in [1.165, 1.54) is 6.07 Å². The molecule has 1 atom stereocenters. The molecule has 1 fully saturated rings. The van der Waals surface area contributed by atoms with Crippen LogP contribution in [-0.2, 0) is 6.54 Å². The van der Waals surface area contributed by atoms with Gasteiger partial charge in [-0.25, -0.2) is 9.37 Å². The number of hydrogen-bond donors (Lipinski definition) is 2. The molecule has 1 aromatic heterocycles. The zero-order valence-electron chi connectivity index (χ0n) is 18.2. The molecule has 0 aliphatic carbocycles. The molecular weight excluding hydrogens is 512 g/mol. The number of halogens is 2. The fourth-order valence-corrected chi connectivity index (χ4v) is 3.41. The molecule has 1 aromatic carbocycles. The SMILES string of the molecule is CCCOc1ccc(CNC(=NC)NC2CCN(c3ncccc3F)C2)cc1OC.I. The van der Waals surface area contributed by atoms with Crippen LogP contribution in [0.4, 0.5) is 10.2 Å². The van der Waals surface area contributed by atoms with Crippen LogP contribution in [0.15, 0.2) is 41.5 Å². The Morgan fingerprint density at radius 3 is 2.87 bits per heavy atom. The fourth-order valence-electron chi connectivity index (χ4n) is 3.41. The predicted octanol–water partition coefficient (Wildman–Crippen LogP) is 3.58. The number of aliphatic imine (C=N–C) groups is 1. The highest BCUT2D eigenvalue weighted by atomic mass is 127. The predicted molar refractivity (Wildman–Crippen MR) is 132 cm³/mol. The first-order valence-corrected chi connectivity index (χ1v) is 10.3. The fraction of sp³-hybridized carbons (Fsp3) is 0.455. The monoisotopic (exact) mass is 543 g/mol. The first kappa shape index (κ1) is 25.0. The smallest absolute Gasteiger partial charge is 0.191 e. The number of guanidine groups is 1. The summed E-state index contributed by atoms with van der Waals surface area (Å²) < 4.78 is 25.1. The first-order valence-electron chi connectivity index (χ1n) is 10.3. The number of nitrogens with zero attached hydrogens (tertiary/aromatic N) is 3. The molecule has 9 heteroatoms. The third kappa shape index (κ3) is 6.84. The van der Waals surface area contributed by atoms with Gasteiger partial charge in [-0.2, -0.15) is 0 Å². The van der Waals surface area contributed by atoms with Crippen molar-refractivity contribution in [2.75, 3.05) is 38.8 Å². The number of pyridine rings is 1. The van der Waals surface area contributed by atoms with Crippen LogP contribution in [0.5, 0.6) is 11.5 Å². The lowest BCUT2D eigenvalue weighted by molar-refractivity contribution is 0.294. The molecule has 0 radical (unpaired) electrons. The van der Waals surface area contributed by atoms with E-state index in [1.54, 1.807) is 26.4 Å². The lowest BCUT2D eigenvalue weighted by Gasteiger charge is -2.20. The van der Waals surface area contributed by atoms with Crippen molar-refractivity contribution in [1.82, 2.24) is 15.6 Å². The minimum Gasteiger partial charge on any atom is -0.493 e. The van der Waals surface area contributed by atoms with E-state index in [1.807, 2.05) is 23.1 Å². The molecule has 3 rings (SSSR count). The van der Waals surface area contributed by atoms with Crippen LogP contribution in [-0.4, -0.2) is 50.8 Å². The maximum atomic E-state index is 14.0. The minimum absolute atomic E-state index is 0. The van der Waals surface area contributed by atoms with Crippen molar-refractivity contribution in [3.05, 3.63) is 47.9 Å². The second-order valence-corrected chi connectivity index (χ2v) is 7.14. The molecule has 7 nitrogen and oxygen atoms in total. The third-order valence-corrected chi connectivity index (χ3v) is 4.94. The summed E-state index contributed by atoms with van der Waals surface area (Å²) in [4.78, 5) is 10.4. The quantitative estimate of drug-likeness (QED) is 0.302. The third-order valence-electron chi connectivity index (χ3n) is 4.94. The second kappa shape index (κ2) is 12.5. The minimum atomic E-state index is -0.291. The molecule has 0 saturated carbocycles. The van der Waals surface area contributed by atoms with E-state index in [0.29, 0.717) is 31.5 Å². The van der Waals surface area contributed by atoms with Gasteiger partial charge in [-0.1, -0.05) is 13.0 Å². The van der Waals surface area contributed by atoms with Gasteiger partial charge >= 0.3 is 0 Å². The standard InChI is InChI=1S/C22H30FN5O2.HI/c1-4-12-30-19-8-7-16(13-20(19)29-3)14-26-22(24-2)27-17-9-11-28(15-17)21-18(23)6-5-10-25-21;/h5-8,10,13,17H,4,9,11-12,14-15H2,1-3H3,(H2,24,26,27);1H.